The van der Waals surface area contributed by atoms with Gasteiger partial charge in [0.25, 0.3) is 0 Å². The lowest BCUT2D eigenvalue weighted by atomic mass is 9.77. The molecule has 0 radical (unpaired) electrons. The Morgan fingerprint density at radius 1 is 1.13 bits per heavy atom. The van der Waals surface area contributed by atoms with E-state index in [0.717, 1.165) is 5.76 Å². The Hall–Kier alpha value is -1.80. The van der Waals surface area contributed by atoms with Crippen molar-refractivity contribution < 1.29 is 4.74 Å². The van der Waals surface area contributed by atoms with Crippen LogP contribution in [0.3, 0.4) is 0 Å². The van der Waals surface area contributed by atoms with Crippen molar-refractivity contribution in [2.45, 2.75) is 38.1 Å². The minimum absolute atomic E-state index is 0.227. The Kier molecular flexibility index (Phi) is 4.72. The Morgan fingerprint density at radius 3 is 2.52 bits per heavy atom. The van der Waals surface area contributed by atoms with E-state index in [1.54, 1.807) is 0 Å². The molecule has 0 bridgehead atoms. The lowest BCUT2D eigenvalue weighted by molar-refractivity contribution is 0.227. The molecule has 3 rings (SSSR count). The maximum Gasteiger partial charge on any atom is 0.118 e. The van der Waals surface area contributed by atoms with Gasteiger partial charge in [-0.05, 0) is 75.6 Å². The van der Waals surface area contributed by atoms with Gasteiger partial charge in [-0.1, -0.05) is 36.4 Å². The molecule has 0 aliphatic heterocycles. The van der Waals surface area contributed by atoms with Crippen molar-refractivity contribution in [3.05, 3.63) is 71.0 Å². The van der Waals surface area contributed by atoms with Gasteiger partial charge >= 0.3 is 0 Å². The monoisotopic (exact) mass is 309 g/mol. The number of ether oxygens (including phenoxy) is 1. The van der Waals surface area contributed by atoms with E-state index in [0.29, 0.717) is 6.61 Å². The van der Waals surface area contributed by atoms with Crippen molar-refractivity contribution in [1.29, 1.82) is 0 Å². The number of nitrogens with zero attached hydrogens (tertiary/aromatic N) is 1. The van der Waals surface area contributed by atoms with E-state index in [-0.39, 0.29) is 5.54 Å². The highest BCUT2D eigenvalue weighted by molar-refractivity contribution is 5.57. The molecule has 0 amide bonds. The van der Waals surface area contributed by atoms with Gasteiger partial charge in [0, 0.05) is 0 Å². The smallest absolute Gasteiger partial charge is 0.118 e. The van der Waals surface area contributed by atoms with E-state index < -0.39 is 0 Å². The molecule has 0 spiro atoms. The first-order valence-electron chi connectivity index (χ1n) is 8.68. The normalized spacial score (nSPS) is 24.3. The quantitative estimate of drug-likeness (QED) is 0.774. The minimum atomic E-state index is -0.227. The van der Waals surface area contributed by atoms with Crippen LogP contribution in [0.25, 0.3) is 0 Å². The van der Waals surface area contributed by atoms with Crippen LogP contribution in [-0.4, -0.2) is 25.6 Å². The third-order valence-electron chi connectivity index (χ3n) is 4.92. The van der Waals surface area contributed by atoms with Crippen LogP contribution in [0, 0.1) is 0 Å². The summed E-state index contributed by atoms with van der Waals surface area (Å²) in [7, 11) is 4.32. The molecular formula is C21H27NO. The third kappa shape index (κ3) is 2.88. The van der Waals surface area contributed by atoms with E-state index in [1.165, 1.54) is 42.4 Å². The van der Waals surface area contributed by atoms with Gasteiger partial charge in [-0.25, -0.2) is 0 Å². The van der Waals surface area contributed by atoms with Crippen LogP contribution in [0.2, 0.25) is 0 Å². The molecule has 0 heterocycles. The first-order valence-corrected chi connectivity index (χ1v) is 8.68. The summed E-state index contributed by atoms with van der Waals surface area (Å²) in [5, 5.41) is 0. The second kappa shape index (κ2) is 6.76. The molecule has 2 aliphatic rings. The molecule has 2 heteroatoms. The topological polar surface area (TPSA) is 12.5 Å². The summed E-state index contributed by atoms with van der Waals surface area (Å²) in [6.45, 7) is 2.75. The molecule has 122 valence electrons. The molecule has 2 nitrogen and oxygen atoms in total. The van der Waals surface area contributed by atoms with Crippen LogP contribution in [-0.2, 0) is 10.3 Å². The highest BCUT2D eigenvalue weighted by Crippen LogP contribution is 2.47. The summed E-state index contributed by atoms with van der Waals surface area (Å²) < 4.78 is 5.88. The Morgan fingerprint density at radius 2 is 1.91 bits per heavy atom. The zero-order valence-electron chi connectivity index (χ0n) is 14.5. The van der Waals surface area contributed by atoms with E-state index in [9.17, 15) is 0 Å². The average molecular weight is 309 g/mol. The standard InChI is InChI=1S/C21H27NO/c1-4-23-19-15-20(17-11-7-5-8-12-17)21(16-19,22(2)3)18-13-9-6-10-14-18/h6,9-11,13-16H,4-5,7-8,12H2,1-3H3. The highest BCUT2D eigenvalue weighted by Gasteiger charge is 2.42. The maximum absolute atomic E-state index is 5.88. The van der Waals surface area contributed by atoms with E-state index in [1.807, 2.05) is 6.92 Å². The zero-order valence-corrected chi connectivity index (χ0v) is 14.5. The van der Waals surface area contributed by atoms with Gasteiger partial charge in [0.2, 0.25) is 0 Å². The van der Waals surface area contributed by atoms with E-state index >= 15 is 0 Å². The Labute approximate surface area is 140 Å². The van der Waals surface area contributed by atoms with Gasteiger partial charge in [-0.15, -0.1) is 0 Å². The summed E-state index contributed by atoms with van der Waals surface area (Å²) in [5.41, 5.74) is 3.95. The molecule has 0 fully saturated rings. The maximum atomic E-state index is 5.88. The van der Waals surface area contributed by atoms with Crippen LogP contribution in [0.15, 0.2) is 65.5 Å². The second-order valence-electron chi connectivity index (χ2n) is 6.54. The van der Waals surface area contributed by atoms with E-state index in [2.05, 4.69) is 67.6 Å². The predicted molar refractivity (Wildman–Crippen MR) is 96.2 cm³/mol. The zero-order chi connectivity index (χ0) is 16.3. The molecule has 1 atom stereocenters. The summed E-state index contributed by atoms with van der Waals surface area (Å²) in [5.74, 6) is 0.992. The van der Waals surface area contributed by atoms with E-state index in [4.69, 9.17) is 4.74 Å². The fourth-order valence-corrected chi connectivity index (χ4v) is 3.81. The van der Waals surface area contributed by atoms with Gasteiger partial charge in [0.15, 0.2) is 0 Å². The van der Waals surface area contributed by atoms with Gasteiger partial charge in [-0.3, -0.25) is 4.90 Å². The fourth-order valence-electron chi connectivity index (χ4n) is 3.81. The first-order chi connectivity index (χ1) is 11.2. The molecule has 2 aliphatic carbocycles. The number of hydrogen-bond donors (Lipinski definition) is 0. The fraction of sp³-hybridized carbons (Fsp3) is 0.429. The largest absolute Gasteiger partial charge is 0.494 e. The number of likely N-dealkylation sites (N-methyl/N-ethyl adjacent to an activating group) is 1. The lowest BCUT2D eigenvalue weighted by Crippen LogP contribution is -2.41. The highest BCUT2D eigenvalue weighted by atomic mass is 16.5. The van der Waals surface area contributed by atoms with Crippen LogP contribution in [0.5, 0.6) is 0 Å². The summed E-state index contributed by atoms with van der Waals surface area (Å²) >= 11 is 0. The van der Waals surface area contributed by atoms with Gasteiger partial charge in [0.05, 0.1) is 12.1 Å². The number of allylic oxidation sites excluding steroid dienone is 2. The average Bonchev–Trinajstić information content (AvgIpc) is 2.97. The van der Waals surface area contributed by atoms with Gasteiger partial charge in [-0.2, -0.15) is 0 Å². The van der Waals surface area contributed by atoms with Crippen LogP contribution in [0.1, 0.15) is 38.2 Å². The van der Waals surface area contributed by atoms with Crippen molar-refractivity contribution in [1.82, 2.24) is 4.90 Å². The number of hydrogen-bond acceptors (Lipinski definition) is 2. The lowest BCUT2D eigenvalue weighted by Gasteiger charge is -2.39. The molecule has 1 unspecified atom stereocenters. The number of rotatable bonds is 5. The molecule has 23 heavy (non-hydrogen) atoms. The first kappa shape index (κ1) is 16.1. The molecule has 1 aromatic carbocycles. The Bertz CT molecular complexity index is 639. The summed E-state index contributed by atoms with van der Waals surface area (Å²) in [6, 6.07) is 10.8. The summed E-state index contributed by atoms with van der Waals surface area (Å²) in [4.78, 5) is 2.32. The van der Waals surface area contributed by atoms with Crippen molar-refractivity contribution in [3.63, 3.8) is 0 Å². The Balaban J connectivity index is 2.14. The second-order valence-corrected chi connectivity index (χ2v) is 6.54. The van der Waals surface area contributed by atoms with Crippen LogP contribution >= 0.6 is 0 Å². The van der Waals surface area contributed by atoms with Crippen LogP contribution < -0.4 is 0 Å². The van der Waals surface area contributed by atoms with Crippen LogP contribution in [0.4, 0.5) is 0 Å². The molecular weight excluding hydrogens is 282 g/mol. The third-order valence-corrected chi connectivity index (χ3v) is 4.92. The molecule has 0 N–H and O–H groups in total. The number of benzene rings is 1. The minimum Gasteiger partial charge on any atom is -0.494 e. The van der Waals surface area contributed by atoms with Crippen molar-refractivity contribution in [2.24, 2.45) is 0 Å². The van der Waals surface area contributed by atoms with Crippen molar-refractivity contribution >= 4 is 0 Å². The summed E-state index contributed by atoms with van der Waals surface area (Å²) in [6.07, 6.45) is 11.9. The molecule has 0 saturated carbocycles. The molecule has 1 aromatic rings. The molecule has 0 aromatic heterocycles. The van der Waals surface area contributed by atoms with Gasteiger partial charge in [0.1, 0.15) is 5.76 Å². The van der Waals surface area contributed by atoms with Gasteiger partial charge < -0.3 is 4.74 Å². The predicted octanol–water partition coefficient (Wildman–Crippen LogP) is 4.80. The van der Waals surface area contributed by atoms with Crippen molar-refractivity contribution in [2.75, 3.05) is 20.7 Å². The molecule has 0 saturated heterocycles. The SMILES string of the molecule is CCOC1=CC(c2ccccc2)(N(C)C)C(C2=CCCCC2)=C1. The van der Waals surface area contributed by atoms with Crippen molar-refractivity contribution in [3.8, 4) is 0 Å².